The number of nitrogens with zero attached hydrogens (tertiary/aromatic N) is 2. The second-order valence-corrected chi connectivity index (χ2v) is 7.73. The number of halogens is 1. The van der Waals surface area contributed by atoms with Crippen LogP contribution in [0, 0.1) is 6.92 Å². The third-order valence-electron chi connectivity index (χ3n) is 6.04. The third kappa shape index (κ3) is 3.54. The van der Waals surface area contributed by atoms with Gasteiger partial charge in [-0.25, -0.2) is 0 Å². The Morgan fingerprint density at radius 3 is 2.64 bits per heavy atom. The average Bonchev–Trinajstić information content (AvgIpc) is 2.91. The highest BCUT2D eigenvalue weighted by Crippen LogP contribution is 2.40. The molecular formula is C21H31BrN2O. The number of benzene rings is 1. The van der Waals surface area contributed by atoms with E-state index in [0.29, 0.717) is 0 Å². The predicted octanol–water partition coefficient (Wildman–Crippen LogP) is 5.04. The van der Waals surface area contributed by atoms with Crippen molar-refractivity contribution in [3.05, 3.63) is 35.5 Å². The number of piperidine rings is 1. The summed E-state index contributed by atoms with van der Waals surface area (Å²) in [5.41, 5.74) is 4.05. The van der Waals surface area contributed by atoms with Gasteiger partial charge in [0.15, 0.2) is 0 Å². The van der Waals surface area contributed by atoms with Gasteiger partial charge >= 0.3 is 0 Å². The first-order valence-corrected chi connectivity index (χ1v) is 9.64. The van der Waals surface area contributed by atoms with Crippen molar-refractivity contribution in [2.45, 2.75) is 58.1 Å². The number of hydrogen-bond donors (Lipinski definition) is 0. The molecule has 4 rings (SSSR count). The lowest BCUT2D eigenvalue weighted by Crippen LogP contribution is -2.37. The zero-order valence-electron chi connectivity index (χ0n) is 15.6. The Hall–Kier alpha value is -0.840. The molecule has 2 aromatic rings. The van der Waals surface area contributed by atoms with Crippen LogP contribution in [0.25, 0.3) is 10.9 Å². The third-order valence-corrected chi connectivity index (χ3v) is 6.04. The quantitative estimate of drug-likeness (QED) is 0.707. The Kier molecular flexibility index (Phi) is 5.92. The SMILES string of the molecule is Br.Cc1c2n(c3ccccc13)CCOC2(C)CCCN1CCCCC1. The van der Waals surface area contributed by atoms with Crippen molar-refractivity contribution < 1.29 is 4.74 Å². The summed E-state index contributed by atoms with van der Waals surface area (Å²) in [5, 5.41) is 1.39. The molecule has 0 N–H and O–H groups in total. The molecule has 138 valence electrons. The number of rotatable bonds is 4. The topological polar surface area (TPSA) is 17.4 Å². The minimum absolute atomic E-state index is 0. The van der Waals surface area contributed by atoms with Crippen LogP contribution < -0.4 is 0 Å². The maximum absolute atomic E-state index is 6.35. The lowest BCUT2D eigenvalue weighted by molar-refractivity contribution is -0.0716. The molecule has 0 aliphatic carbocycles. The summed E-state index contributed by atoms with van der Waals surface area (Å²) in [4.78, 5) is 2.64. The minimum atomic E-state index is -0.142. The number of fused-ring (bicyclic) bond motifs is 3. The minimum Gasteiger partial charge on any atom is -0.367 e. The number of aryl methyl sites for hydroxylation is 1. The summed E-state index contributed by atoms with van der Waals surface area (Å²) in [7, 11) is 0. The molecule has 1 atom stereocenters. The van der Waals surface area contributed by atoms with Gasteiger partial charge in [0, 0.05) is 17.4 Å². The summed E-state index contributed by atoms with van der Waals surface area (Å²) >= 11 is 0. The van der Waals surface area contributed by atoms with Gasteiger partial charge < -0.3 is 14.2 Å². The fourth-order valence-corrected chi connectivity index (χ4v) is 4.84. The van der Waals surface area contributed by atoms with Crippen molar-refractivity contribution in [2.75, 3.05) is 26.2 Å². The van der Waals surface area contributed by atoms with Gasteiger partial charge in [-0.1, -0.05) is 24.6 Å². The van der Waals surface area contributed by atoms with Gasteiger partial charge in [-0.05, 0) is 70.8 Å². The highest BCUT2D eigenvalue weighted by atomic mass is 79.9. The van der Waals surface area contributed by atoms with E-state index in [0.717, 1.165) is 19.6 Å². The fraction of sp³-hybridized carbons (Fsp3) is 0.619. The van der Waals surface area contributed by atoms with Crippen LogP contribution in [-0.2, 0) is 16.9 Å². The van der Waals surface area contributed by atoms with Crippen molar-refractivity contribution in [2.24, 2.45) is 0 Å². The molecule has 1 aromatic heterocycles. The van der Waals surface area contributed by atoms with Crippen molar-refractivity contribution in [3.63, 3.8) is 0 Å². The smallest absolute Gasteiger partial charge is 0.106 e. The number of likely N-dealkylation sites (tertiary alicyclic amines) is 1. The number of ether oxygens (including phenoxy) is 1. The molecule has 1 aromatic carbocycles. The van der Waals surface area contributed by atoms with Crippen LogP contribution in [0.1, 0.15) is 50.3 Å². The van der Waals surface area contributed by atoms with E-state index in [1.54, 1.807) is 0 Å². The molecule has 0 bridgehead atoms. The first-order valence-electron chi connectivity index (χ1n) is 9.64. The maximum atomic E-state index is 6.35. The Morgan fingerprint density at radius 1 is 1.08 bits per heavy atom. The monoisotopic (exact) mass is 406 g/mol. The van der Waals surface area contributed by atoms with Gasteiger partial charge in [-0.3, -0.25) is 0 Å². The van der Waals surface area contributed by atoms with Crippen LogP contribution in [0.4, 0.5) is 0 Å². The van der Waals surface area contributed by atoms with Gasteiger partial charge in [0.25, 0.3) is 0 Å². The predicted molar refractivity (Wildman–Crippen MR) is 110 cm³/mol. The van der Waals surface area contributed by atoms with E-state index in [2.05, 4.69) is 47.6 Å². The van der Waals surface area contributed by atoms with Crippen molar-refractivity contribution in [3.8, 4) is 0 Å². The molecular weight excluding hydrogens is 376 g/mol. The van der Waals surface area contributed by atoms with E-state index in [1.165, 1.54) is 67.5 Å². The normalized spacial score (nSPS) is 24.1. The second-order valence-electron chi connectivity index (χ2n) is 7.73. The first-order chi connectivity index (χ1) is 11.7. The molecule has 1 saturated heterocycles. The Morgan fingerprint density at radius 2 is 1.84 bits per heavy atom. The molecule has 4 heteroatoms. The summed E-state index contributed by atoms with van der Waals surface area (Å²) in [6.45, 7) is 10.2. The van der Waals surface area contributed by atoms with Gasteiger partial charge in [-0.2, -0.15) is 0 Å². The maximum Gasteiger partial charge on any atom is 0.106 e. The Balaban J connectivity index is 0.00000182. The van der Waals surface area contributed by atoms with E-state index < -0.39 is 0 Å². The highest BCUT2D eigenvalue weighted by molar-refractivity contribution is 8.93. The summed E-state index contributed by atoms with van der Waals surface area (Å²) in [6, 6.07) is 8.81. The highest BCUT2D eigenvalue weighted by Gasteiger charge is 2.36. The lowest BCUT2D eigenvalue weighted by Gasteiger charge is -2.37. The number of aromatic nitrogens is 1. The van der Waals surface area contributed by atoms with E-state index in [-0.39, 0.29) is 22.6 Å². The number of hydrogen-bond acceptors (Lipinski definition) is 2. The molecule has 2 aliphatic rings. The lowest BCUT2D eigenvalue weighted by atomic mass is 9.91. The second kappa shape index (κ2) is 7.81. The largest absolute Gasteiger partial charge is 0.367 e. The van der Waals surface area contributed by atoms with Crippen LogP contribution in [0.2, 0.25) is 0 Å². The van der Waals surface area contributed by atoms with Crippen LogP contribution in [0.15, 0.2) is 24.3 Å². The summed E-state index contributed by atoms with van der Waals surface area (Å²) < 4.78 is 8.86. The standard InChI is InChI=1S/C21H30N2O.BrH/c1-17-18-9-4-5-10-19(18)23-15-16-24-21(2,20(17)23)11-8-14-22-12-6-3-7-13-22;/h4-5,9-10H,3,6-8,11-16H2,1-2H3;1H. The summed E-state index contributed by atoms with van der Waals surface area (Å²) in [5.74, 6) is 0. The molecule has 1 fully saturated rings. The van der Waals surface area contributed by atoms with Gasteiger partial charge in [0.1, 0.15) is 5.60 Å². The first kappa shape index (κ1) is 18.9. The van der Waals surface area contributed by atoms with E-state index in [1.807, 2.05) is 0 Å². The molecule has 25 heavy (non-hydrogen) atoms. The number of para-hydroxylation sites is 1. The fourth-order valence-electron chi connectivity index (χ4n) is 4.84. The van der Waals surface area contributed by atoms with Gasteiger partial charge in [0.2, 0.25) is 0 Å². The van der Waals surface area contributed by atoms with E-state index >= 15 is 0 Å². The Labute approximate surface area is 162 Å². The Bertz CT molecular complexity index is 720. The van der Waals surface area contributed by atoms with E-state index in [9.17, 15) is 0 Å². The van der Waals surface area contributed by atoms with Crippen molar-refractivity contribution >= 4 is 27.9 Å². The van der Waals surface area contributed by atoms with E-state index in [4.69, 9.17) is 4.74 Å². The molecule has 1 unspecified atom stereocenters. The van der Waals surface area contributed by atoms with Gasteiger partial charge in [0.05, 0.1) is 12.3 Å². The van der Waals surface area contributed by atoms with Crippen LogP contribution in [0.3, 0.4) is 0 Å². The molecule has 2 aliphatic heterocycles. The zero-order chi connectivity index (χ0) is 16.6. The molecule has 0 saturated carbocycles. The van der Waals surface area contributed by atoms with Crippen molar-refractivity contribution in [1.82, 2.24) is 9.47 Å². The van der Waals surface area contributed by atoms with Crippen LogP contribution in [0.5, 0.6) is 0 Å². The molecule has 0 amide bonds. The average molecular weight is 407 g/mol. The van der Waals surface area contributed by atoms with Crippen LogP contribution in [-0.4, -0.2) is 35.7 Å². The zero-order valence-corrected chi connectivity index (χ0v) is 17.3. The van der Waals surface area contributed by atoms with Crippen LogP contribution >= 0.6 is 17.0 Å². The molecule has 3 nitrogen and oxygen atoms in total. The molecule has 3 heterocycles. The molecule has 0 spiro atoms. The van der Waals surface area contributed by atoms with Crippen molar-refractivity contribution in [1.29, 1.82) is 0 Å². The summed E-state index contributed by atoms with van der Waals surface area (Å²) in [6.07, 6.45) is 6.50. The molecule has 0 radical (unpaired) electrons. The van der Waals surface area contributed by atoms with Gasteiger partial charge in [-0.15, -0.1) is 17.0 Å².